The molecule has 1 aromatic carbocycles. The quantitative estimate of drug-likeness (QED) is 0.630. The van der Waals surface area contributed by atoms with Crippen molar-refractivity contribution in [1.29, 1.82) is 0 Å². The van der Waals surface area contributed by atoms with Gasteiger partial charge in [0.25, 0.3) is 0 Å². The summed E-state index contributed by atoms with van der Waals surface area (Å²) in [5.74, 6) is 0.879. The van der Waals surface area contributed by atoms with Crippen LogP contribution < -0.4 is 4.74 Å². The number of benzene rings is 1. The van der Waals surface area contributed by atoms with Gasteiger partial charge in [0.15, 0.2) is 3.95 Å². The molecule has 0 aliphatic heterocycles. The van der Waals surface area contributed by atoms with Gasteiger partial charge >= 0.3 is 0 Å². The minimum Gasteiger partial charge on any atom is -0.495 e. The van der Waals surface area contributed by atoms with Gasteiger partial charge in [-0.05, 0) is 24.4 Å². The average Bonchev–Trinajstić information content (AvgIpc) is 2.44. The maximum atomic E-state index is 5.18. The largest absolute Gasteiger partial charge is 0.495 e. The van der Waals surface area contributed by atoms with Crippen molar-refractivity contribution >= 4 is 33.8 Å². The Kier molecular flexibility index (Phi) is 3.50. The summed E-state index contributed by atoms with van der Waals surface area (Å²) >= 11 is 6.57. The SMILES string of the molecule is COc1cccc2[nH]c(=S)sc12.[Cu]. The number of aromatic amines is 1. The Hall–Kier alpha value is -0.351. The topological polar surface area (TPSA) is 25.0 Å². The molecule has 0 bridgehead atoms. The van der Waals surface area contributed by atoms with Crippen molar-refractivity contribution < 1.29 is 21.8 Å². The van der Waals surface area contributed by atoms with E-state index >= 15 is 0 Å². The number of H-pyrrole nitrogens is 1. The van der Waals surface area contributed by atoms with Gasteiger partial charge in [0.1, 0.15) is 5.75 Å². The van der Waals surface area contributed by atoms with Gasteiger partial charge in [0.05, 0.1) is 17.3 Å². The van der Waals surface area contributed by atoms with E-state index in [-0.39, 0.29) is 17.1 Å². The Balaban J connectivity index is 0.000000845. The maximum Gasteiger partial charge on any atom is 0.159 e. The molecule has 0 fully saturated rings. The predicted molar refractivity (Wildman–Crippen MR) is 53.6 cm³/mol. The first-order valence-corrected chi connectivity index (χ1v) is 4.69. The molecule has 0 spiro atoms. The molecule has 1 radical (unpaired) electrons. The van der Waals surface area contributed by atoms with E-state index in [1.165, 1.54) is 11.3 Å². The number of fused-ring (bicyclic) bond motifs is 1. The second-order valence-electron chi connectivity index (χ2n) is 2.35. The van der Waals surface area contributed by atoms with Gasteiger partial charge in [0, 0.05) is 17.1 Å². The third-order valence-electron chi connectivity index (χ3n) is 1.63. The van der Waals surface area contributed by atoms with Crippen LogP contribution in [0.3, 0.4) is 0 Å². The zero-order valence-corrected chi connectivity index (χ0v) is 9.33. The molecule has 0 amide bonds. The van der Waals surface area contributed by atoms with Crippen LogP contribution in [0, 0.1) is 3.95 Å². The summed E-state index contributed by atoms with van der Waals surface area (Å²) in [6.07, 6.45) is 0. The molecule has 2 aromatic rings. The summed E-state index contributed by atoms with van der Waals surface area (Å²) in [7, 11) is 1.66. The first-order chi connectivity index (χ1) is 5.81. The predicted octanol–water partition coefficient (Wildman–Crippen LogP) is 2.96. The molecule has 0 aliphatic rings. The van der Waals surface area contributed by atoms with Crippen molar-refractivity contribution in [3.8, 4) is 5.75 Å². The zero-order chi connectivity index (χ0) is 8.55. The molecule has 0 saturated carbocycles. The van der Waals surface area contributed by atoms with Crippen LogP contribution in [0.5, 0.6) is 5.75 Å². The molecule has 5 heteroatoms. The van der Waals surface area contributed by atoms with E-state index < -0.39 is 0 Å². The summed E-state index contributed by atoms with van der Waals surface area (Å²) in [6.45, 7) is 0. The standard InChI is InChI=1S/C8H7NOS2.Cu/c1-10-6-4-2-3-5-7(6)12-8(11)9-5;/h2-4H,1H3,(H,9,11);. The average molecular weight is 261 g/mol. The minimum atomic E-state index is 0. The van der Waals surface area contributed by atoms with Crippen LogP contribution in [0.1, 0.15) is 0 Å². The molecule has 0 saturated heterocycles. The number of ether oxygens (including phenoxy) is 1. The van der Waals surface area contributed by atoms with Crippen LogP contribution in [-0.4, -0.2) is 12.1 Å². The van der Waals surface area contributed by atoms with Crippen LogP contribution in [0.15, 0.2) is 18.2 Å². The normalized spacial score (nSPS) is 9.62. The molecular weight excluding hydrogens is 254 g/mol. The number of methoxy groups -OCH3 is 1. The van der Waals surface area contributed by atoms with Crippen molar-refractivity contribution in [2.75, 3.05) is 7.11 Å². The second kappa shape index (κ2) is 4.24. The van der Waals surface area contributed by atoms with E-state index in [9.17, 15) is 0 Å². The van der Waals surface area contributed by atoms with E-state index in [0.717, 1.165) is 19.9 Å². The molecule has 1 aromatic heterocycles. The maximum absolute atomic E-state index is 5.18. The Morgan fingerprint density at radius 1 is 1.46 bits per heavy atom. The Morgan fingerprint density at radius 3 is 2.92 bits per heavy atom. The third kappa shape index (κ3) is 1.94. The summed E-state index contributed by atoms with van der Waals surface area (Å²) in [5.41, 5.74) is 1.05. The molecule has 2 rings (SSSR count). The first kappa shape index (κ1) is 10.7. The van der Waals surface area contributed by atoms with Gasteiger partial charge in [-0.15, -0.1) is 11.3 Å². The molecule has 0 unspecified atom stereocenters. The van der Waals surface area contributed by atoms with Crippen molar-refractivity contribution in [2.45, 2.75) is 0 Å². The van der Waals surface area contributed by atoms with Gasteiger partial charge in [-0.3, -0.25) is 0 Å². The van der Waals surface area contributed by atoms with E-state index in [0.29, 0.717) is 0 Å². The Bertz CT molecular complexity index is 462. The van der Waals surface area contributed by atoms with E-state index in [2.05, 4.69) is 4.98 Å². The fourth-order valence-corrected chi connectivity index (χ4v) is 2.30. The molecule has 1 N–H and O–H groups in total. The number of aromatic nitrogens is 1. The van der Waals surface area contributed by atoms with Gasteiger partial charge in [0.2, 0.25) is 0 Å². The smallest absolute Gasteiger partial charge is 0.159 e. The number of nitrogens with one attached hydrogen (secondary N) is 1. The van der Waals surface area contributed by atoms with Crippen LogP contribution in [0.4, 0.5) is 0 Å². The first-order valence-electron chi connectivity index (χ1n) is 3.47. The van der Waals surface area contributed by atoms with E-state index in [1.54, 1.807) is 7.11 Å². The van der Waals surface area contributed by atoms with E-state index in [4.69, 9.17) is 17.0 Å². The molecule has 13 heavy (non-hydrogen) atoms. The number of hydrogen-bond acceptors (Lipinski definition) is 3. The Morgan fingerprint density at radius 2 is 2.23 bits per heavy atom. The molecule has 1 heterocycles. The summed E-state index contributed by atoms with van der Waals surface area (Å²) in [6, 6.07) is 5.87. The van der Waals surface area contributed by atoms with Crippen LogP contribution in [0.25, 0.3) is 10.2 Å². The van der Waals surface area contributed by atoms with Crippen molar-refractivity contribution in [1.82, 2.24) is 4.98 Å². The zero-order valence-electron chi connectivity index (χ0n) is 6.76. The summed E-state index contributed by atoms with van der Waals surface area (Å²) < 4.78 is 7.06. The molecule has 73 valence electrons. The molecular formula is C8H7CuNOS2. The van der Waals surface area contributed by atoms with Crippen LogP contribution >= 0.6 is 23.6 Å². The van der Waals surface area contributed by atoms with Gasteiger partial charge < -0.3 is 9.72 Å². The molecule has 0 aliphatic carbocycles. The third-order valence-corrected chi connectivity index (χ3v) is 2.90. The summed E-state index contributed by atoms with van der Waals surface area (Å²) in [5, 5.41) is 0. The fourth-order valence-electron chi connectivity index (χ4n) is 1.11. The fraction of sp³-hybridized carbons (Fsp3) is 0.125. The van der Waals surface area contributed by atoms with Crippen molar-refractivity contribution in [3.05, 3.63) is 22.2 Å². The van der Waals surface area contributed by atoms with Gasteiger partial charge in [-0.1, -0.05) is 6.07 Å². The van der Waals surface area contributed by atoms with E-state index in [1.807, 2.05) is 18.2 Å². The monoisotopic (exact) mass is 260 g/mol. The number of hydrogen-bond donors (Lipinski definition) is 1. The van der Waals surface area contributed by atoms with Gasteiger partial charge in [-0.2, -0.15) is 0 Å². The van der Waals surface area contributed by atoms with Crippen LogP contribution in [0.2, 0.25) is 0 Å². The summed E-state index contributed by atoms with van der Waals surface area (Å²) in [4.78, 5) is 3.09. The second-order valence-corrected chi connectivity index (χ2v) is 4.04. The van der Waals surface area contributed by atoms with Crippen LogP contribution in [-0.2, 0) is 17.1 Å². The molecule has 0 atom stereocenters. The number of thiazole rings is 1. The Labute approximate surface area is 95.4 Å². The van der Waals surface area contributed by atoms with Crippen molar-refractivity contribution in [2.24, 2.45) is 0 Å². The van der Waals surface area contributed by atoms with Crippen molar-refractivity contribution in [3.63, 3.8) is 0 Å². The van der Waals surface area contributed by atoms with Gasteiger partial charge in [-0.25, -0.2) is 0 Å². The minimum absolute atomic E-state index is 0. The molecule has 2 nitrogen and oxygen atoms in total. The number of rotatable bonds is 1.